The molecule has 4 amide bonds. The molecule has 0 saturated carbocycles. The highest BCUT2D eigenvalue weighted by atomic mass is 16.7. The molecule has 2 heterocycles. The molecule has 184 valence electrons. The third-order valence-corrected chi connectivity index (χ3v) is 3.70. The normalized spacial score (nSPS) is 16.8. The van der Waals surface area contributed by atoms with Crippen LogP contribution in [0.25, 0.3) is 0 Å². The second-order valence-electron chi connectivity index (χ2n) is 10.5. The minimum absolute atomic E-state index is 0.0131. The van der Waals surface area contributed by atoms with Gasteiger partial charge >= 0.3 is 0 Å². The molecule has 10 nitrogen and oxygen atoms in total. The van der Waals surface area contributed by atoms with Gasteiger partial charge in [-0.15, -0.1) is 0 Å². The molecule has 0 aromatic carbocycles. The van der Waals surface area contributed by atoms with Gasteiger partial charge in [0.05, 0.1) is 5.60 Å². The van der Waals surface area contributed by atoms with Crippen LogP contribution in [0.1, 0.15) is 75.2 Å². The number of hydrazine groups is 1. The average Bonchev–Trinajstić information content (AvgIpc) is 3.10. The number of nitrogens with zero attached hydrogens (tertiary/aromatic N) is 2. The minimum atomic E-state index is -0.490. The van der Waals surface area contributed by atoms with Crippen LogP contribution in [0.3, 0.4) is 0 Å². The van der Waals surface area contributed by atoms with Crippen LogP contribution in [0, 0.1) is 0 Å². The molecule has 2 rings (SSSR count). The SMILES string of the molecule is CC(C)(C)NCCN1C(=O)C=CC1=O.CC(C)(C)NN.CC(C)(C)ON1C(=O)CCC1=O. The minimum Gasteiger partial charge on any atom is -0.310 e. The molecule has 10 heteroatoms. The highest BCUT2D eigenvalue weighted by molar-refractivity contribution is 6.12. The number of imide groups is 2. The van der Waals surface area contributed by atoms with Gasteiger partial charge in [-0.1, -0.05) is 0 Å². The van der Waals surface area contributed by atoms with E-state index in [9.17, 15) is 19.2 Å². The molecule has 0 radical (unpaired) electrons. The van der Waals surface area contributed by atoms with Crippen molar-refractivity contribution < 1.29 is 24.0 Å². The van der Waals surface area contributed by atoms with Gasteiger partial charge in [-0.05, 0) is 62.3 Å². The van der Waals surface area contributed by atoms with E-state index in [-0.39, 0.29) is 47.5 Å². The lowest BCUT2D eigenvalue weighted by atomic mass is 10.1. The number of carbonyl (C=O) groups is 4. The van der Waals surface area contributed by atoms with Crippen molar-refractivity contribution in [2.24, 2.45) is 5.84 Å². The lowest BCUT2D eigenvalue weighted by Gasteiger charge is -2.24. The number of nitrogens with one attached hydrogen (secondary N) is 2. The van der Waals surface area contributed by atoms with Crippen molar-refractivity contribution in [1.82, 2.24) is 20.7 Å². The van der Waals surface area contributed by atoms with Gasteiger partial charge in [0.1, 0.15) is 0 Å². The first kappa shape index (κ1) is 29.9. The van der Waals surface area contributed by atoms with Gasteiger partial charge in [0, 0.05) is 49.2 Å². The number of amides is 4. The van der Waals surface area contributed by atoms with Crippen molar-refractivity contribution in [2.75, 3.05) is 13.1 Å². The van der Waals surface area contributed by atoms with Crippen molar-refractivity contribution in [3.63, 3.8) is 0 Å². The Bertz CT molecular complexity index is 665. The summed E-state index contributed by atoms with van der Waals surface area (Å²) in [6.45, 7) is 18.6. The van der Waals surface area contributed by atoms with Gasteiger partial charge in [-0.3, -0.25) is 40.2 Å². The highest BCUT2D eigenvalue weighted by Crippen LogP contribution is 2.18. The van der Waals surface area contributed by atoms with Crippen LogP contribution in [-0.4, -0.2) is 63.4 Å². The lowest BCUT2D eigenvalue weighted by Crippen LogP contribution is -2.43. The fraction of sp³-hybridized carbons (Fsp3) is 0.727. The van der Waals surface area contributed by atoms with E-state index < -0.39 is 5.60 Å². The second kappa shape index (κ2) is 12.2. The monoisotopic (exact) mass is 455 g/mol. The summed E-state index contributed by atoms with van der Waals surface area (Å²) >= 11 is 0. The largest absolute Gasteiger partial charge is 0.310 e. The Labute approximate surface area is 191 Å². The Kier molecular flexibility index (Phi) is 11.4. The quantitative estimate of drug-likeness (QED) is 0.329. The topological polar surface area (TPSA) is 134 Å². The predicted octanol–water partition coefficient (Wildman–Crippen LogP) is 1.41. The van der Waals surface area contributed by atoms with E-state index in [1.807, 2.05) is 41.5 Å². The van der Waals surface area contributed by atoms with Gasteiger partial charge in [0.25, 0.3) is 23.6 Å². The number of nitrogens with two attached hydrogens (primary N) is 1. The summed E-state index contributed by atoms with van der Waals surface area (Å²) in [5.74, 6) is 4.14. The number of hydrogen-bond donors (Lipinski definition) is 3. The van der Waals surface area contributed by atoms with Crippen molar-refractivity contribution in [3.8, 4) is 0 Å². The molecule has 0 atom stereocenters. The zero-order valence-corrected chi connectivity index (χ0v) is 21.0. The van der Waals surface area contributed by atoms with Gasteiger partial charge in [0.15, 0.2) is 0 Å². The van der Waals surface area contributed by atoms with E-state index in [0.29, 0.717) is 13.1 Å². The van der Waals surface area contributed by atoms with E-state index in [4.69, 9.17) is 10.7 Å². The third kappa shape index (κ3) is 13.3. The van der Waals surface area contributed by atoms with Gasteiger partial charge < -0.3 is 5.32 Å². The Morgan fingerprint density at radius 1 is 0.844 bits per heavy atom. The van der Waals surface area contributed by atoms with Gasteiger partial charge in [-0.25, -0.2) is 0 Å². The van der Waals surface area contributed by atoms with Crippen molar-refractivity contribution in [3.05, 3.63) is 12.2 Å². The second-order valence-corrected chi connectivity index (χ2v) is 10.5. The molecular weight excluding hydrogens is 414 g/mol. The van der Waals surface area contributed by atoms with Crippen molar-refractivity contribution >= 4 is 23.6 Å². The van der Waals surface area contributed by atoms with E-state index in [1.54, 1.807) is 20.8 Å². The maximum Gasteiger partial charge on any atom is 0.254 e. The average molecular weight is 456 g/mol. The van der Waals surface area contributed by atoms with E-state index in [2.05, 4.69) is 10.7 Å². The number of hydrogen-bond acceptors (Lipinski definition) is 8. The van der Waals surface area contributed by atoms with Gasteiger partial charge in [-0.2, -0.15) is 5.06 Å². The Morgan fingerprint density at radius 2 is 1.25 bits per heavy atom. The zero-order chi connectivity index (χ0) is 25.3. The van der Waals surface area contributed by atoms with Crippen LogP contribution >= 0.6 is 0 Å². The molecule has 0 spiro atoms. The highest BCUT2D eigenvalue weighted by Gasteiger charge is 2.33. The first-order chi connectivity index (χ1) is 14.4. The van der Waals surface area contributed by atoms with E-state index in [1.165, 1.54) is 17.1 Å². The summed E-state index contributed by atoms with van der Waals surface area (Å²) in [7, 11) is 0. The van der Waals surface area contributed by atoms with Crippen LogP contribution < -0.4 is 16.6 Å². The first-order valence-electron chi connectivity index (χ1n) is 10.7. The number of hydroxylamine groups is 2. The summed E-state index contributed by atoms with van der Waals surface area (Å²) in [6.07, 6.45) is 3.16. The lowest BCUT2D eigenvalue weighted by molar-refractivity contribution is -0.218. The molecule has 2 aliphatic rings. The Balaban J connectivity index is 0.000000487. The summed E-state index contributed by atoms with van der Waals surface area (Å²) in [5, 5.41) is 4.09. The molecule has 0 aliphatic carbocycles. The molecular formula is C22H41N5O5. The van der Waals surface area contributed by atoms with Crippen LogP contribution in [0.5, 0.6) is 0 Å². The molecule has 0 bridgehead atoms. The Hall–Kier alpha value is -2.14. The number of rotatable bonds is 4. The summed E-state index contributed by atoms with van der Waals surface area (Å²) in [4.78, 5) is 50.7. The molecule has 0 aromatic heterocycles. The standard InChI is InChI=1S/C10H16N2O2.C8H13NO3.C4H12N2/c1-10(2,3)11-6-7-12-8(13)4-5-9(12)14;1-8(2,3)12-9-6(10)4-5-7(9)11;1-4(2,3)6-5/h4-5,11H,6-7H2,1-3H3;4-5H2,1-3H3;6H,5H2,1-3H3. The van der Waals surface area contributed by atoms with Crippen molar-refractivity contribution in [2.45, 2.75) is 91.8 Å². The molecule has 1 saturated heterocycles. The molecule has 1 fully saturated rings. The molecule has 4 N–H and O–H groups in total. The summed E-state index contributed by atoms with van der Waals surface area (Å²) in [6, 6.07) is 0. The van der Waals surface area contributed by atoms with E-state index >= 15 is 0 Å². The van der Waals surface area contributed by atoms with E-state index in [0.717, 1.165) is 5.06 Å². The maximum absolute atomic E-state index is 11.1. The smallest absolute Gasteiger partial charge is 0.254 e. The third-order valence-electron chi connectivity index (χ3n) is 3.70. The van der Waals surface area contributed by atoms with Gasteiger partial charge in [0.2, 0.25) is 0 Å². The predicted molar refractivity (Wildman–Crippen MR) is 123 cm³/mol. The molecule has 32 heavy (non-hydrogen) atoms. The first-order valence-corrected chi connectivity index (χ1v) is 10.7. The molecule has 2 aliphatic heterocycles. The fourth-order valence-electron chi connectivity index (χ4n) is 2.13. The van der Waals surface area contributed by atoms with Crippen molar-refractivity contribution in [1.29, 1.82) is 0 Å². The summed E-state index contributed by atoms with van der Waals surface area (Å²) in [5.41, 5.74) is 2.20. The fourth-order valence-corrected chi connectivity index (χ4v) is 2.13. The summed E-state index contributed by atoms with van der Waals surface area (Å²) < 4.78 is 0. The van der Waals surface area contributed by atoms with Crippen LogP contribution in [0.15, 0.2) is 12.2 Å². The Morgan fingerprint density at radius 3 is 1.56 bits per heavy atom. The van der Waals surface area contributed by atoms with Crippen LogP contribution in [0.4, 0.5) is 0 Å². The molecule has 0 aromatic rings. The molecule has 0 unspecified atom stereocenters. The van der Waals surface area contributed by atoms with Crippen LogP contribution in [-0.2, 0) is 24.0 Å². The zero-order valence-electron chi connectivity index (χ0n) is 21.0. The van der Waals surface area contributed by atoms with Crippen LogP contribution in [0.2, 0.25) is 0 Å². The maximum atomic E-state index is 11.1. The number of carbonyl (C=O) groups excluding carboxylic acids is 4.